The summed E-state index contributed by atoms with van der Waals surface area (Å²) in [6.45, 7) is 3.91. The van der Waals surface area contributed by atoms with Crippen molar-refractivity contribution < 1.29 is 33.3 Å². The maximum Gasteiger partial charge on any atom is 0.311 e. The van der Waals surface area contributed by atoms with Crippen molar-refractivity contribution in [3.8, 4) is 0 Å². The molecule has 0 unspecified atom stereocenters. The Morgan fingerprint density at radius 2 is 1.83 bits per heavy atom. The highest BCUT2D eigenvalue weighted by Crippen LogP contribution is 2.44. The van der Waals surface area contributed by atoms with E-state index in [2.05, 4.69) is 0 Å². The summed E-state index contributed by atoms with van der Waals surface area (Å²) in [6.07, 6.45) is -0.862. The Kier molecular flexibility index (Phi) is 3.84. The molecular formula is C15H21NO7. The predicted octanol–water partition coefficient (Wildman–Crippen LogP) is -0.301. The molecule has 8 heteroatoms. The molecule has 1 amide bonds. The van der Waals surface area contributed by atoms with E-state index >= 15 is 0 Å². The molecule has 3 fully saturated rings. The summed E-state index contributed by atoms with van der Waals surface area (Å²) in [7, 11) is 2.50. The number of amides is 1. The second-order valence-corrected chi connectivity index (χ2v) is 6.56. The first-order chi connectivity index (χ1) is 10.8. The van der Waals surface area contributed by atoms with E-state index in [4.69, 9.17) is 18.9 Å². The Morgan fingerprint density at radius 1 is 1.17 bits per heavy atom. The number of methoxy groups -OCH3 is 2. The van der Waals surface area contributed by atoms with Crippen molar-refractivity contribution in [3.63, 3.8) is 0 Å². The van der Waals surface area contributed by atoms with Crippen LogP contribution < -0.4 is 0 Å². The van der Waals surface area contributed by atoms with Crippen molar-refractivity contribution in [1.82, 2.24) is 4.90 Å². The molecule has 0 bridgehead atoms. The fraction of sp³-hybridized carbons (Fsp3) is 0.800. The Bertz CT molecular complexity index is 546. The van der Waals surface area contributed by atoms with E-state index in [9.17, 15) is 14.4 Å². The molecule has 0 aromatic carbocycles. The fourth-order valence-corrected chi connectivity index (χ4v) is 3.94. The zero-order valence-electron chi connectivity index (χ0n) is 13.6. The van der Waals surface area contributed by atoms with Crippen molar-refractivity contribution in [2.75, 3.05) is 20.8 Å². The zero-order valence-corrected chi connectivity index (χ0v) is 13.6. The second-order valence-electron chi connectivity index (χ2n) is 6.56. The Balaban J connectivity index is 1.97. The van der Waals surface area contributed by atoms with Crippen LogP contribution in [-0.2, 0) is 33.3 Å². The van der Waals surface area contributed by atoms with Gasteiger partial charge in [0, 0.05) is 6.42 Å². The standard InChI is InChI=1S/C15H21NO7/c1-15(2)22-8-6-16-9(17)5-7(13(18)20-3)10(14(19)21-4)11(16)12(8)23-15/h7-8,10-12H,5-6H2,1-4H3/t7-,8+,10-,11+,12+/m0/s1. The third kappa shape index (κ3) is 2.49. The van der Waals surface area contributed by atoms with Gasteiger partial charge in [0.15, 0.2) is 5.79 Å². The summed E-state index contributed by atoms with van der Waals surface area (Å²) in [4.78, 5) is 38.4. The third-order valence-corrected chi connectivity index (χ3v) is 4.79. The molecule has 3 aliphatic heterocycles. The minimum Gasteiger partial charge on any atom is -0.469 e. The maximum absolute atomic E-state index is 12.4. The van der Waals surface area contributed by atoms with Crippen molar-refractivity contribution in [2.24, 2.45) is 11.8 Å². The van der Waals surface area contributed by atoms with Gasteiger partial charge >= 0.3 is 11.9 Å². The lowest BCUT2D eigenvalue weighted by Crippen LogP contribution is -2.57. The molecule has 5 atom stereocenters. The van der Waals surface area contributed by atoms with E-state index < -0.39 is 41.7 Å². The molecule has 0 aromatic heterocycles. The van der Waals surface area contributed by atoms with E-state index in [0.717, 1.165) is 0 Å². The zero-order chi connectivity index (χ0) is 16.9. The van der Waals surface area contributed by atoms with Crippen LogP contribution in [0.3, 0.4) is 0 Å². The molecule has 0 aliphatic carbocycles. The van der Waals surface area contributed by atoms with Crippen LogP contribution in [-0.4, -0.2) is 67.5 Å². The number of hydrogen-bond acceptors (Lipinski definition) is 7. The van der Waals surface area contributed by atoms with Crippen LogP contribution >= 0.6 is 0 Å². The predicted molar refractivity (Wildman–Crippen MR) is 75.0 cm³/mol. The number of carbonyl (C=O) groups is 3. The molecule has 0 N–H and O–H groups in total. The van der Waals surface area contributed by atoms with Gasteiger partial charge < -0.3 is 23.8 Å². The molecule has 3 heterocycles. The number of carbonyl (C=O) groups excluding carboxylic acids is 3. The number of ether oxygens (including phenoxy) is 4. The van der Waals surface area contributed by atoms with Gasteiger partial charge in [-0.1, -0.05) is 0 Å². The van der Waals surface area contributed by atoms with Crippen molar-refractivity contribution >= 4 is 17.8 Å². The number of fused-ring (bicyclic) bond motifs is 3. The molecule has 0 spiro atoms. The summed E-state index contributed by atoms with van der Waals surface area (Å²) < 4.78 is 21.4. The van der Waals surface area contributed by atoms with Gasteiger partial charge in [-0.25, -0.2) is 0 Å². The van der Waals surface area contributed by atoms with Gasteiger partial charge in [-0.3, -0.25) is 14.4 Å². The van der Waals surface area contributed by atoms with Crippen LogP contribution in [0.1, 0.15) is 20.3 Å². The van der Waals surface area contributed by atoms with E-state index in [-0.39, 0.29) is 18.4 Å². The number of piperidine rings is 1. The highest BCUT2D eigenvalue weighted by molar-refractivity contribution is 5.91. The minimum atomic E-state index is -0.868. The van der Waals surface area contributed by atoms with Gasteiger partial charge in [0.1, 0.15) is 12.2 Å². The summed E-state index contributed by atoms with van der Waals surface area (Å²) in [5, 5.41) is 0. The molecule has 8 nitrogen and oxygen atoms in total. The van der Waals surface area contributed by atoms with Gasteiger partial charge in [0.25, 0.3) is 0 Å². The van der Waals surface area contributed by atoms with Crippen LogP contribution in [0, 0.1) is 11.8 Å². The molecular weight excluding hydrogens is 306 g/mol. The van der Waals surface area contributed by atoms with Crippen LogP contribution in [0.2, 0.25) is 0 Å². The lowest BCUT2D eigenvalue weighted by molar-refractivity contribution is -0.185. The maximum atomic E-state index is 12.4. The van der Waals surface area contributed by atoms with Crippen LogP contribution in [0.15, 0.2) is 0 Å². The summed E-state index contributed by atoms with van der Waals surface area (Å²) in [5.41, 5.74) is 0. The highest BCUT2D eigenvalue weighted by Gasteiger charge is 2.62. The smallest absolute Gasteiger partial charge is 0.311 e. The lowest BCUT2D eigenvalue weighted by Gasteiger charge is -2.40. The molecule has 128 valence electrons. The normalized spacial score (nSPS) is 38.0. The number of rotatable bonds is 2. The van der Waals surface area contributed by atoms with Crippen LogP contribution in [0.5, 0.6) is 0 Å². The Morgan fingerprint density at radius 3 is 2.43 bits per heavy atom. The van der Waals surface area contributed by atoms with E-state index in [1.807, 2.05) is 0 Å². The van der Waals surface area contributed by atoms with E-state index in [1.54, 1.807) is 18.7 Å². The van der Waals surface area contributed by atoms with Crippen molar-refractivity contribution in [1.29, 1.82) is 0 Å². The number of nitrogens with zero attached hydrogens (tertiary/aromatic N) is 1. The second kappa shape index (κ2) is 5.45. The minimum absolute atomic E-state index is 0.0776. The largest absolute Gasteiger partial charge is 0.469 e. The lowest BCUT2D eigenvalue weighted by atomic mass is 9.78. The topological polar surface area (TPSA) is 91.4 Å². The van der Waals surface area contributed by atoms with Crippen molar-refractivity contribution in [3.05, 3.63) is 0 Å². The molecule has 23 heavy (non-hydrogen) atoms. The van der Waals surface area contributed by atoms with Gasteiger partial charge in [0.05, 0.1) is 38.6 Å². The molecule has 0 radical (unpaired) electrons. The average Bonchev–Trinajstić information content (AvgIpc) is 2.98. The highest BCUT2D eigenvalue weighted by atomic mass is 16.8. The first-order valence-corrected chi connectivity index (χ1v) is 7.60. The molecule has 3 saturated heterocycles. The van der Waals surface area contributed by atoms with E-state index in [1.165, 1.54) is 14.2 Å². The van der Waals surface area contributed by atoms with Crippen molar-refractivity contribution in [2.45, 2.75) is 44.3 Å². The number of esters is 2. The third-order valence-electron chi connectivity index (χ3n) is 4.79. The van der Waals surface area contributed by atoms with Crippen LogP contribution in [0.25, 0.3) is 0 Å². The fourth-order valence-electron chi connectivity index (χ4n) is 3.94. The monoisotopic (exact) mass is 327 g/mol. The SMILES string of the molecule is COC(=O)[C@@H]1[C@@H]2[C@@H]3OC(C)(C)O[C@@H]3CN2C(=O)C[C@@H]1C(=O)OC. The summed E-state index contributed by atoms with van der Waals surface area (Å²) in [5.74, 6) is -3.81. The first-order valence-electron chi connectivity index (χ1n) is 7.60. The van der Waals surface area contributed by atoms with Gasteiger partial charge in [0.2, 0.25) is 5.91 Å². The van der Waals surface area contributed by atoms with Crippen LogP contribution in [0.4, 0.5) is 0 Å². The molecule has 0 aromatic rings. The Labute approximate surface area is 134 Å². The van der Waals surface area contributed by atoms with E-state index in [0.29, 0.717) is 6.54 Å². The first kappa shape index (κ1) is 16.2. The molecule has 3 aliphatic rings. The van der Waals surface area contributed by atoms with Gasteiger partial charge in [-0.05, 0) is 13.8 Å². The average molecular weight is 327 g/mol. The van der Waals surface area contributed by atoms with Gasteiger partial charge in [-0.15, -0.1) is 0 Å². The summed E-state index contributed by atoms with van der Waals surface area (Å²) >= 11 is 0. The molecule has 0 saturated carbocycles. The summed E-state index contributed by atoms with van der Waals surface area (Å²) in [6, 6.07) is -0.584. The quantitative estimate of drug-likeness (QED) is 0.643. The Hall–Kier alpha value is -1.67. The molecule has 3 rings (SSSR count). The number of hydrogen-bond donors (Lipinski definition) is 0. The van der Waals surface area contributed by atoms with Gasteiger partial charge in [-0.2, -0.15) is 0 Å².